The normalized spacial score (nSPS) is 12.1. The molecule has 0 aliphatic carbocycles. The van der Waals surface area contributed by atoms with Gasteiger partial charge in [-0.1, -0.05) is 84.9 Å². The average molecular weight is 508 g/mol. The lowest BCUT2D eigenvalue weighted by atomic mass is 10.0. The Kier molecular flexibility index (Phi) is 10.6. The second-order valence-corrected chi connectivity index (χ2v) is 10.2. The molecule has 0 aliphatic rings. The van der Waals surface area contributed by atoms with Gasteiger partial charge in [-0.05, 0) is 31.9 Å². The molecule has 0 bridgehead atoms. The number of carbonyl (C=O) groups is 1. The molecule has 0 fully saturated rings. The number of carbonyl (C=O) groups excluding carboxylic acids is 1. The fraction of sp³-hybridized carbons (Fsp3) is 0.310. The Morgan fingerprint density at radius 2 is 1.25 bits per heavy atom. The minimum Gasteiger partial charge on any atom is -0.464 e. The van der Waals surface area contributed by atoms with E-state index in [9.17, 15) is 9.36 Å². The lowest BCUT2D eigenvalue weighted by molar-refractivity contribution is -0.144. The van der Waals surface area contributed by atoms with Crippen LogP contribution in [0.15, 0.2) is 89.9 Å². The van der Waals surface area contributed by atoms with Gasteiger partial charge in [0.15, 0.2) is 6.04 Å². The molecule has 1 atom stereocenters. The third-order valence-electron chi connectivity index (χ3n) is 5.42. The molecule has 0 spiro atoms. The molecule has 0 N–H and O–H groups in total. The Balaban J connectivity index is 1.90. The molecule has 0 saturated carbocycles. The quantitative estimate of drug-likeness (QED) is 0.151. The maximum absolute atomic E-state index is 12.9. The Morgan fingerprint density at radius 1 is 0.750 bits per heavy atom. The third-order valence-corrected chi connectivity index (χ3v) is 7.47. The van der Waals surface area contributed by atoms with Crippen LogP contribution in [0.25, 0.3) is 0 Å². The number of hydrogen-bond acceptors (Lipinski definition) is 6. The molecule has 0 heterocycles. The van der Waals surface area contributed by atoms with Crippen molar-refractivity contribution in [3.05, 3.63) is 107 Å². The van der Waals surface area contributed by atoms with Crippen molar-refractivity contribution in [1.82, 2.24) is 0 Å². The lowest BCUT2D eigenvalue weighted by Gasteiger charge is -2.18. The van der Waals surface area contributed by atoms with Gasteiger partial charge < -0.3 is 13.8 Å². The van der Waals surface area contributed by atoms with Gasteiger partial charge in [0.25, 0.3) is 0 Å². The Hall–Kier alpha value is -3.05. The summed E-state index contributed by atoms with van der Waals surface area (Å²) in [6, 6.07) is 26.6. The van der Waals surface area contributed by atoms with E-state index < -0.39 is 13.6 Å². The predicted octanol–water partition coefficient (Wildman–Crippen LogP) is 6.46. The van der Waals surface area contributed by atoms with Crippen LogP contribution in [-0.4, -0.2) is 37.5 Å². The predicted molar refractivity (Wildman–Crippen MR) is 144 cm³/mol. The SMILES string of the molecule is CCOC(=O)C(Cc1ccc(CP(=O)(OCC)OCC)cc1)N=C(c1ccccc1)c1ccccc1. The van der Waals surface area contributed by atoms with Gasteiger partial charge in [-0.15, -0.1) is 0 Å². The van der Waals surface area contributed by atoms with E-state index in [2.05, 4.69) is 0 Å². The molecule has 0 radical (unpaired) electrons. The number of benzene rings is 3. The minimum atomic E-state index is -3.19. The zero-order valence-electron chi connectivity index (χ0n) is 21.1. The van der Waals surface area contributed by atoms with E-state index >= 15 is 0 Å². The lowest BCUT2D eigenvalue weighted by Crippen LogP contribution is -2.26. The van der Waals surface area contributed by atoms with Crippen molar-refractivity contribution in [3.8, 4) is 0 Å². The van der Waals surface area contributed by atoms with Crippen molar-refractivity contribution in [2.24, 2.45) is 4.99 Å². The summed E-state index contributed by atoms with van der Waals surface area (Å²) in [5.41, 5.74) is 4.35. The summed E-state index contributed by atoms with van der Waals surface area (Å²) in [6.45, 7) is 6.30. The highest BCUT2D eigenvalue weighted by Gasteiger charge is 2.25. The van der Waals surface area contributed by atoms with Crippen LogP contribution < -0.4 is 0 Å². The molecule has 3 aromatic carbocycles. The molecule has 0 aliphatic heterocycles. The number of ether oxygens (including phenoxy) is 1. The summed E-state index contributed by atoms with van der Waals surface area (Å²) in [5.74, 6) is -0.372. The molecular formula is C29H34NO5P. The van der Waals surface area contributed by atoms with Crippen molar-refractivity contribution in [3.63, 3.8) is 0 Å². The van der Waals surface area contributed by atoms with E-state index in [4.69, 9.17) is 18.8 Å². The average Bonchev–Trinajstić information content (AvgIpc) is 2.89. The van der Waals surface area contributed by atoms with Crippen molar-refractivity contribution in [1.29, 1.82) is 0 Å². The largest absolute Gasteiger partial charge is 0.464 e. The monoisotopic (exact) mass is 507 g/mol. The molecule has 0 amide bonds. The second kappa shape index (κ2) is 13.9. The molecule has 3 rings (SSSR count). The number of hydrogen-bond donors (Lipinski definition) is 0. The summed E-state index contributed by atoms with van der Waals surface area (Å²) in [6.07, 6.45) is 0.567. The summed E-state index contributed by atoms with van der Waals surface area (Å²) in [5, 5.41) is 0. The zero-order chi connectivity index (χ0) is 25.8. The Morgan fingerprint density at radius 3 is 1.72 bits per heavy atom. The van der Waals surface area contributed by atoms with Crippen LogP contribution in [0.2, 0.25) is 0 Å². The van der Waals surface area contributed by atoms with E-state index in [1.165, 1.54) is 0 Å². The van der Waals surface area contributed by atoms with Gasteiger partial charge in [0.1, 0.15) is 0 Å². The number of esters is 1. The molecule has 6 nitrogen and oxygen atoms in total. The van der Waals surface area contributed by atoms with Crippen LogP contribution in [0.4, 0.5) is 0 Å². The molecule has 3 aromatic rings. The number of aliphatic imine (C=N–C) groups is 1. The molecule has 190 valence electrons. The molecular weight excluding hydrogens is 473 g/mol. The first kappa shape index (κ1) is 27.5. The number of rotatable bonds is 13. The maximum Gasteiger partial charge on any atom is 0.335 e. The highest BCUT2D eigenvalue weighted by atomic mass is 31.2. The van der Waals surface area contributed by atoms with Crippen LogP contribution in [0.5, 0.6) is 0 Å². The first-order valence-corrected chi connectivity index (χ1v) is 14.0. The Bertz CT molecular complexity index is 1110. The molecule has 36 heavy (non-hydrogen) atoms. The minimum absolute atomic E-state index is 0.195. The second-order valence-electron chi connectivity index (χ2n) is 8.10. The van der Waals surface area contributed by atoms with Gasteiger partial charge in [0.2, 0.25) is 0 Å². The summed E-state index contributed by atoms with van der Waals surface area (Å²) in [7, 11) is -3.19. The first-order chi connectivity index (χ1) is 17.5. The van der Waals surface area contributed by atoms with E-state index in [1.807, 2.05) is 84.9 Å². The topological polar surface area (TPSA) is 74.2 Å². The zero-order valence-corrected chi connectivity index (χ0v) is 22.0. The highest BCUT2D eigenvalue weighted by Crippen LogP contribution is 2.51. The highest BCUT2D eigenvalue weighted by molar-refractivity contribution is 7.53. The third kappa shape index (κ3) is 7.99. The van der Waals surface area contributed by atoms with E-state index in [0.29, 0.717) is 19.6 Å². The van der Waals surface area contributed by atoms with E-state index in [1.54, 1.807) is 20.8 Å². The van der Waals surface area contributed by atoms with Gasteiger partial charge in [0, 0.05) is 17.5 Å². The fourth-order valence-electron chi connectivity index (χ4n) is 3.83. The van der Waals surface area contributed by atoms with Gasteiger partial charge in [-0.25, -0.2) is 4.79 Å². The van der Waals surface area contributed by atoms with Crippen LogP contribution in [-0.2, 0) is 35.7 Å². The molecule has 1 unspecified atom stereocenters. The van der Waals surface area contributed by atoms with Crippen molar-refractivity contribution >= 4 is 19.3 Å². The molecule has 0 saturated heterocycles. The smallest absolute Gasteiger partial charge is 0.335 e. The van der Waals surface area contributed by atoms with Crippen LogP contribution in [0.3, 0.4) is 0 Å². The molecule has 7 heteroatoms. The Labute approximate surface area is 213 Å². The number of nitrogens with zero attached hydrogens (tertiary/aromatic N) is 1. The summed E-state index contributed by atoms with van der Waals surface area (Å²) >= 11 is 0. The van der Waals surface area contributed by atoms with E-state index in [-0.39, 0.29) is 18.7 Å². The summed E-state index contributed by atoms with van der Waals surface area (Å²) < 4.78 is 29.1. The van der Waals surface area contributed by atoms with E-state index in [0.717, 1.165) is 28.0 Å². The van der Waals surface area contributed by atoms with Crippen LogP contribution in [0.1, 0.15) is 43.0 Å². The van der Waals surface area contributed by atoms with Gasteiger partial charge in [-0.2, -0.15) is 0 Å². The maximum atomic E-state index is 12.9. The fourth-order valence-corrected chi connectivity index (χ4v) is 5.54. The van der Waals surface area contributed by atoms with Gasteiger partial charge in [0.05, 0.1) is 31.7 Å². The van der Waals surface area contributed by atoms with Crippen molar-refractivity contribution in [2.45, 2.75) is 39.4 Å². The van der Waals surface area contributed by atoms with Gasteiger partial charge in [-0.3, -0.25) is 9.56 Å². The van der Waals surface area contributed by atoms with Crippen molar-refractivity contribution in [2.75, 3.05) is 19.8 Å². The van der Waals surface area contributed by atoms with Gasteiger partial charge >= 0.3 is 13.6 Å². The molecule has 0 aromatic heterocycles. The standard InChI is InChI=1S/C29H34NO5P/c1-4-33-29(31)27(30-28(25-13-9-7-10-14-25)26-15-11-8-12-16-26)21-23-17-19-24(20-18-23)22-36(32,34-5-2)35-6-3/h7-20,27H,4-6,21-22H2,1-3H3. The van der Waals surface area contributed by atoms with Crippen LogP contribution >= 0.6 is 7.60 Å². The summed E-state index contributed by atoms with van der Waals surface area (Å²) in [4.78, 5) is 17.9. The van der Waals surface area contributed by atoms with Crippen LogP contribution in [0, 0.1) is 0 Å². The van der Waals surface area contributed by atoms with Crippen molar-refractivity contribution < 1.29 is 23.1 Å². The first-order valence-electron chi connectivity index (χ1n) is 12.3.